The van der Waals surface area contributed by atoms with E-state index >= 15 is 0 Å². The molecule has 10 nitrogen and oxygen atoms in total. The summed E-state index contributed by atoms with van der Waals surface area (Å²) in [5.41, 5.74) is 0.419. The third kappa shape index (κ3) is 9.01. The summed E-state index contributed by atoms with van der Waals surface area (Å²) >= 11 is 0. The highest BCUT2D eigenvalue weighted by molar-refractivity contribution is 6.02. The fraction of sp³-hybridized carbons (Fsp3) is 0.385. The first-order valence-corrected chi connectivity index (χ1v) is 12.2. The van der Waals surface area contributed by atoms with Gasteiger partial charge in [0, 0.05) is 12.6 Å². The standard InChI is InChI=1S/C24H27F3N4O4.C2HF3O2/c1-14-10-19-21(22(32)28-13-24(3,8-5-9-25)29-23(33)34)15(2)30-31(19)20(11-14)35-12-16-17(26)6-4-7-18(16)27;3-2(4,5)1(6)7/h4,6-7,10-11,29H,5,8-9,12-13H2,1-3H3,(H,28,32)(H,33,34);(H,6,7). The monoisotopic (exact) mass is 606 g/mol. The molecule has 0 saturated heterocycles. The van der Waals surface area contributed by atoms with Gasteiger partial charge in [-0.15, -0.1) is 0 Å². The van der Waals surface area contributed by atoms with Crippen molar-refractivity contribution in [1.29, 1.82) is 0 Å². The lowest BCUT2D eigenvalue weighted by Crippen LogP contribution is -2.53. The maximum Gasteiger partial charge on any atom is 0.490 e. The first-order chi connectivity index (χ1) is 19.5. The fourth-order valence-corrected chi connectivity index (χ4v) is 3.83. The van der Waals surface area contributed by atoms with Gasteiger partial charge in [0.15, 0.2) is 0 Å². The Morgan fingerprint density at radius 2 is 1.67 bits per heavy atom. The van der Waals surface area contributed by atoms with E-state index in [0.717, 1.165) is 17.7 Å². The van der Waals surface area contributed by atoms with E-state index in [-0.39, 0.29) is 43.0 Å². The Morgan fingerprint density at radius 3 is 2.19 bits per heavy atom. The van der Waals surface area contributed by atoms with Gasteiger partial charge in [0.05, 0.1) is 34.6 Å². The highest BCUT2D eigenvalue weighted by Crippen LogP contribution is 2.25. The second-order valence-corrected chi connectivity index (χ2v) is 9.39. The molecule has 2 aromatic heterocycles. The van der Waals surface area contributed by atoms with Crippen LogP contribution in [-0.4, -0.2) is 62.7 Å². The minimum absolute atomic E-state index is 0.0728. The molecule has 230 valence electrons. The molecule has 0 aliphatic rings. The lowest BCUT2D eigenvalue weighted by Gasteiger charge is -2.29. The van der Waals surface area contributed by atoms with Crippen molar-refractivity contribution < 1.29 is 55.7 Å². The number of benzene rings is 1. The Labute approximate surface area is 235 Å². The number of hydrogen-bond donors (Lipinski definition) is 4. The van der Waals surface area contributed by atoms with E-state index in [1.807, 2.05) is 0 Å². The Morgan fingerprint density at radius 1 is 1.07 bits per heavy atom. The zero-order valence-corrected chi connectivity index (χ0v) is 22.6. The van der Waals surface area contributed by atoms with Crippen molar-refractivity contribution in [2.24, 2.45) is 0 Å². The molecule has 1 unspecified atom stereocenters. The van der Waals surface area contributed by atoms with Crippen LogP contribution >= 0.6 is 0 Å². The molecule has 3 aromatic rings. The van der Waals surface area contributed by atoms with Crippen LogP contribution in [0, 0.1) is 25.5 Å². The number of rotatable bonds is 10. The third-order valence-corrected chi connectivity index (χ3v) is 5.83. The summed E-state index contributed by atoms with van der Waals surface area (Å²) in [4.78, 5) is 33.1. The Hall–Kier alpha value is -4.50. The van der Waals surface area contributed by atoms with E-state index in [0.29, 0.717) is 11.2 Å². The van der Waals surface area contributed by atoms with Gasteiger partial charge in [0.1, 0.15) is 18.2 Å². The van der Waals surface area contributed by atoms with Gasteiger partial charge in [-0.2, -0.15) is 22.8 Å². The number of halogens is 6. The van der Waals surface area contributed by atoms with E-state index in [1.54, 1.807) is 32.9 Å². The first kappa shape index (κ1) is 33.7. The minimum atomic E-state index is -5.08. The molecule has 42 heavy (non-hydrogen) atoms. The highest BCUT2D eigenvalue weighted by atomic mass is 19.4. The molecule has 16 heteroatoms. The minimum Gasteiger partial charge on any atom is -0.475 e. The fourth-order valence-electron chi connectivity index (χ4n) is 3.83. The molecule has 0 radical (unpaired) electrons. The SMILES string of the molecule is Cc1cc(OCc2c(F)cccc2F)n2nc(C)c(C(=O)NCC(C)(CCCF)NC(=O)O)c2c1.O=C(O)C(F)(F)F. The Balaban J connectivity index is 0.000000782. The Bertz CT molecular complexity index is 1420. The highest BCUT2D eigenvalue weighted by Gasteiger charge is 2.38. The van der Waals surface area contributed by atoms with E-state index in [1.165, 1.54) is 10.6 Å². The number of pyridine rings is 1. The number of alkyl halides is 4. The van der Waals surface area contributed by atoms with Crippen molar-refractivity contribution in [3.8, 4) is 5.88 Å². The van der Waals surface area contributed by atoms with Crippen LogP contribution in [0.2, 0.25) is 0 Å². The van der Waals surface area contributed by atoms with Gasteiger partial charge in [-0.1, -0.05) is 6.07 Å². The molecule has 3 rings (SSSR count). The average molecular weight is 607 g/mol. The van der Waals surface area contributed by atoms with Crippen LogP contribution in [0.15, 0.2) is 30.3 Å². The summed E-state index contributed by atoms with van der Waals surface area (Å²) in [7, 11) is 0. The van der Waals surface area contributed by atoms with Crippen molar-refractivity contribution in [1.82, 2.24) is 20.2 Å². The molecule has 1 aromatic carbocycles. The predicted octanol–water partition coefficient (Wildman–Crippen LogP) is 4.95. The molecular formula is C26H28F6N4O6. The molecule has 0 bridgehead atoms. The Kier molecular flexibility index (Phi) is 11.2. The molecule has 0 spiro atoms. The third-order valence-electron chi connectivity index (χ3n) is 5.83. The van der Waals surface area contributed by atoms with Gasteiger partial charge < -0.3 is 25.6 Å². The van der Waals surface area contributed by atoms with Crippen LogP contribution < -0.4 is 15.4 Å². The summed E-state index contributed by atoms with van der Waals surface area (Å²) < 4.78 is 79.5. The molecule has 1 atom stereocenters. The molecule has 0 saturated carbocycles. The number of amides is 2. The lowest BCUT2D eigenvalue weighted by molar-refractivity contribution is -0.192. The number of hydrogen-bond acceptors (Lipinski definition) is 5. The number of aryl methyl sites for hydroxylation is 2. The summed E-state index contributed by atoms with van der Waals surface area (Å²) in [6.07, 6.45) is -6.05. The summed E-state index contributed by atoms with van der Waals surface area (Å²) in [6.45, 7) is 3.90. The van der Waals surface area contributed by atoms with Crippen molar-refractivity contribution in [2.75, 3.05) is 13.2 Å². The van der Waals surface area contributed by atoms with Gasteiger partial charge in [0.25, 0.3) is 5.91 Å². The van der Waals surface area contributed by atoms with Crippen LogP contribution in [0.5, 0.6) is 5.88 Å². The number of carboxylic acids is 1. The number of carboxylic acid groups (broad SMARTS) is 2. The van der Waals surface area contributed by atoms with Crippen LogP contribution in [0.4, 0.5) is 31.1 Å². The molecule has 4 N–H and O–H groups in total. The maximum atomic E-state index is 14.0. The zero-order chi connectivity index (χ0) is 31.8. The second kappa shape index (κ2) is 13.9. The number of aromatic nitrogens is 2. The van der Waals surface area contributed by atoms with Crippen molar-refractivity contribution >= 4 is 23.5 Å². The topological polar surface area (TPSA) is 142 Å². The molecule has 0 aliphatic heterocycles. The van der Waals surface area contributed by atoms with Crippen LogP contribution in [0.3, 0.4) is 0 Å². The smallest absolute Gasteiger partial charge is 0.475 e. The van der Waals surface area contributed by atoms with E-state index < -0.39 is 48.0 Å². The van der Waals surface area contributed by atoms with E-state index in [9.17, 15) is 35.9 Å². The van der Waals surface area contributed by atoms with Crippen molar-refractivity contribution in [2.45, 2.75) is 51.9 Å². The number of aliphatic carboxylic acids is 1. The van der Waals surface area contributed by atoms with Gasteiger partial charge in [-0.3, -0.25) is 9.18 Å². The summed E-state index contributed by atoms with van der Waals surface area (Å²) in [5, 5.41) is 25.6. The quantitative estimate of drug-likeness (QED) is 0.239. The van der Waals surface area contributed by atoms with Crippen molar-refractivity contribution in [3.05, 3.63) is 64.4 Å². The maximum absolute atomic E-state index is 14.0. The van der Waals surface area contributed by atoms with E-state index in [2.05, 4.69) is 15.7 Å². The first-order valence-electron chi connectivity index (χ1n) is 12.2. The van der Waals surface area contributed by atoms with Crippen molar-refractivity contribution in [3.63, 3.8) is 0 Å². The second-order valence-electron chi connectivity index (χ2n) is 9.39. The number of carbonyl (C=O) groups is 3. The number of carbonyl (C=O) groups excluding carboxylic acids is 1. The number of ether oxygens (including phenoxy) is 1. The zero-order valence-electron chi connectivity index (χ0n) is 22.6. The van der Waals surface area contributed by atoms with E-state index in [4.69, 9.17) is 19.7 Å². The number of nitrogens with one attached hydrogen (secondary N) is 2. The van der Waals surface area contributed by atoms with Gasteiger partial charge in [-0.25, -0.2) is 18.4 Å². The van der Waals surface area contributed by atoms with Crippen LogP contribution in [0.1, 0.15) is 46.9 Å². The molecule has 2 heterocycles. The molecule has 0 fully saturated rings. The molecule has 2 amide bonds. The van der Waals surface area contributed by atoms with Gasteiger partial charge in [-0.05, 0) is 57.4 Å². The lowest BCUT2D eigenvalue weighted by atomic mass is 9.96. The average Bonchev–Trinajstić information content (AvgIpc) is 3.21. The van der Waals surface area contributed by atoms with Gasteiger partial charge in [0.2, 0.25) is 5.88 Å². The molecular weight excluding hydrogens is 578 g/mol. The van der Waals surface area contributed by atoms with Crippen LogP contribution in [0.25, 0.3) is 5.52 Å². The summed E-state index contributed by atoms with van der Waals surface area (Å²) in [6, 6.07) is 6.87. The predicted molar refractivity (Wildman–Crippen MR) is 136 cm³/mol. The largest absolute Gasteiger partial charge is 0.490 e. The number of nitrogens with zero attached hydrogens (tertiary/aromatic N) is 2. The molecule has 0 aliphatic carbocycles. The van der Waals surface area contributed by atoms with Gasteiger partial charge >= 0.3 is 18.2 Å². The normalized spacial score (nSPS) is 12.6. The number of fused-ring (bicyclic) bond motifs is 1. The summed E-state index contributed by atoms with van der Waals surface area (Å²) in [5.74, 6) is -4.56. The van der Waals surface area contributed by atoms with Crippen LogP contribution in [-0.2, 0) is 11.4 Å².